The molecule has 0 aromatic rings. The quantitative estimate of drug-likeness (QED) is 0.591. The van der Waals surface area contributed by atoms with Crippen molar-refractivity contribution in [3.63, 3.8) is 0 Å². The number of rotatable bonds is 0. The predicted octanol–water partition coefficient (Wildman–Crippen LogP) is 2.47. The van der Waals surface area contributed by atoms with E-state index in [0.29, 0.717) is 5.92 Å². The lowest BCUT2D eigenvalue weighted by Crippen LogP contribution is -2.52. The zero-order valence-corrected chi connectivity index (χ0v) is 8.31. The van der Waals surface area contributed by atoms with E-state index in [4.69, 9.17) is 11.1 Å². The second-order valence-electron chi connectivity index (χ2n) is 4.76. The first-order valence-electron chi connectivity index (χ1n) is 5.58. The average Bonchev–Trinajstić information content (AvgIpc) is 2.27. The molecule has 2 aliphatic carbocycles. The van der Waals surface area contributed by atoms with Crippen LogP contribution < -0.4 is 5.73 Å². The highest BCUT2D eigenvalue weighted by Gasteiger charge is 2.40. The Morgan fingerprint density at radius 1 is 1.15 bits per heavy atom. The molecule has 2 heteroatoms. The van der Waals surface area contributed by atoms with Gasteiger partial charge in [-0.2, -0.15) is 0 Å². The second-order valence-corrected chi connectivity index (χ2v) is 4.76. The molecular weight excluding hydrogens is 160 g/mol. The average molecular weight is 180 g/mol. The van der Waals surface area contributed by atoms with Crippen LogP contribution in [0.25, 0.3) is 0 Å². The van der Waals surface area contributed by atoms with Crippen LogP contribution in [0.2, 0.25) is 0 Å². The summed E-state index contributed by atoms with van der Waals surface area (Å²) >= 11 is 0. The fourth-order valence-electron chi connectivity index (χ4n) is 3.04. The largest absolute Gasteiger partial charge is 0.325 e. The smallest absolute Gasteiger partial charge is 0.0235 e. The molecule has 13 heavy (non-hydrogen) atoms. The number of hydrogen-bond acceptors (Lipinski definition) is 2. The fourth-order valence-corrected chi connectivity index (χ4v) is 3.04. The Labute approximate surface area is 80.4 Å². The van der Waals surface area contributed by atoms with Crippen LogP contribution in [0.5, 0.6) is 0 Å². The molecule has 0 bridgehead atoms. The third kappa shape index (κ3) is 1.64. The standard InChI is InChI=1S/C11H20N2/c12-10-6-4-8-11(13)7-3-1-2-5-9(10)11/h9,12H,1-8,13H2. The maximum atomic E-state index is 7.96. The number of nitrogens with two attached hydrogens (primary N) is 1. The molecule has 2 saturated carbocycles. The minimum absolute atomic E-state index is 0.00579. The highest BCUT2D eigenvalue weighted by atomic mass is 14.8. The van der Waals surface area contributed by atoms with E-state index in [0.717, 1.165) is 31.4 Å². The monoisotopic (exact) mass is 180 g/mol. The van der Waals surface area contributed by atoms with Crippen LogP contribution in [-0.4, -0.2) is 11.3 Å². The summed E-state index contributed by atoms with van der Waals surface area (Å²) < 4.78 is 0. The lowest BCUT2D eigenvalue weighted by Gasteiger charge is -2.40. The van der Waals surface area contributed by atoms with Gasteiger partial charge < -0.3 is 11.1 Å². The molecule has 2 aliphatic rings. The van der Waals surface area contributed by atoms with Crippen molar-refractivity contribution < 1.29 is 0 Å². The maximum Gasteiger partial charge on any atom is 0.0235 e. The third-order valence-corrected chi connectivity index (χ3v) is 3.84. The van der Waals surface area contributed by atoms with Crippen molar-refractivity contribution in [1.82, 2.24) is 0 Å². The molecule has 0 saturated heterocycles. The molecule has 0 aromatic carbocycles. The molecule has 0 spiro atoms. The van der Waals surface area contributed by atoms with Gasteiger partial charge in [0.2, 0.25) is 0 Å². The van der Waals surface area contributed by atoms with Gasteiger partial charge >= 0.3 is 0 Å². The third-order valence-electron chi connectivity index (χ3n) is 3.84. The van der Waals surface area contributed by atoms with E-state index in [1.807, 2.05) is 0 Å². The molecule has 2 fully saturated rings. The van der Waals surface area contributed by atoms with Gasteiger partial charge in [-0.05, 0) is 32.1 Å². The van der Waals surface area contributed by atoms with Crippen LogP contribution in [0.4, 0.5) is 0 Å². The van der Waals surface area contributed by atoms with E-state index in [1.165, 1.54) is 25.7 Å². The molecule has 0 heterocycles. The number of fused-ring (bicyclic) bond motifs is 1. The topological polar surface area (TPSA) is 49.9 Å². The summed E-state index contributed by atoms with van der Waals surface area (Å²) in [5.41, 5.74) is 7.36. The van der Waals surface area contributed by atoms with Gasteiger partial charge in [-0.15, -0.1) is 0 Å². The van der Waals surface area contributed by atoms with E-state index < -0.39 is 0 Å². The van der Waals surface area contributed by atoms with Crippen molar-refractivity contribution in [3.8, 4) is 0 Å². The predicted molar refractivity (Wildman–Crippen MR) is 55.1 cm³/mol. The number of hydrogen-bond donors (Lipinski definition) is 2. The van der Waals surface area contributed by atoms with E-state index in [-0.39, 0.29) is 5.54 Å². The maximum absolute atomic E-state index is 7.96. The summed E-state index contributed by atoms with van der Waals surface area (Å²) in [6.07, 6.45) is 9.51. The lowest BCUT2D eigenvalue weighted by molar-refractivity contribution is 0.267. The van der Waals surface area contributed by atoms with Gasteiger partial charge in [-0.3, -0.25) is 0 Å². The summed E-state index contributed by atoms with van der Waals surface area (Å²) in [5.74, 6) is 0.420. The van der Waals surface area contributed by atoms with Gasteiger partial charge in [0.05, 0.1) is 0 Å². The van der Waals surface area contributed by atoms with Crippen LogP contribution >= 0.6 is 0 Å². The molecule has 0 amide bonds. The lowest BCUT2D eigenvalue weighted by atomic mass is 9.69. The summed E-state index contributed by atoms with van der Waals surface area (Å²) in [5, 5.41) is 7.96. The van der Waals surface area contributed by atoms with Crippen molar-refractivity contribution in [2.45, 2.75) is 56.9 Å². The first-order valence-corrected chi connectivity index (χ1v) is 5.58. The zero-order valence-electron chi connectivity index (χ0n) is 8.31. The Balaban J connectivity index is 2.18. The fraction of sp³-hybridized carbons (Fsp3) is 0.909. The van der Waals surface area contributed by atoms with Crippen LogP contribution in [0.15, 0.2) is 0 Å². The Bertz CT molecular complexity index is 212. The summed E-state index contributed by atoms with van der Waals surface area (Å²) in [6, 6.07) is 0. The van der Waals surface area contributed by atoms with E-state index in [9.17, 15) is 0 Å². The van der Waals surface area contributed by atoms with Gasteiger partial charge in [-0.25, -0.2) is 0 Å². The minimum atomic E-state index is 0.00579. The van der Waals surface area contributed by atoms with Crippen LogP contribution in [0, 0.1) is 11.3 Å². The molecule has 2 rings (SSSR count). The Kier molecular flexibility index (Phi) is 2.41. The van der Waals surface area contributed by atoms with Gasteiger partial charge in [0.1, 0.15) is 0 Å². The Morgan fingerprint density at radius 3 is 2.77 bits per heavy atom. The SMILES string of the molecule is N=C1CCCC2(N)CCCCCC12. The molecular formula is C11H20N2. The summed E-state index contributed by atoms with van der Waals surface area (Å²) in [4.78, 5) is 0. The van der Waals surface area contributed by atoms with E-state index in [1.54, 1.807) is 0 Å². The molecule has 3 N–H and O–H groups in total. The van der Waals surface area contributed by atoms with Crippen molar-refractivity contribution in [3.05, 3.63) is 0 Å². The Morgan fingerprint density at radius 2 is 1.92 bits per heavy atom. The number of nitrogens with one attached hydrogen (secondary N) is 1. The van der Waals surface area contributed by atoms with Gasteiger partial charge in [0.15, 0.2) is 0 Å². The molecule has 2 unspecified atom stereocenters. The highest BCUT2D eigenvalue weighted by Crippen LogP contribution is 2.39. The summed E-state index contributed by atoms with van der Waals surface area (Å²) in [7, 11) is 0. The van der Waals surface area contributed by atoms with E-state index in [2.05, 4.69) is 0 Å². The van der Waals surface area contributed by atoms with Crippen LogP contribution in [0.1, 0.15) is 51.4 Å². The minimum Gasteiger partial charge on any atom is -0.325 e. The molecule has 74 valence electrons. The van der Waals surface area contributed by atoms with Crippen molar-refractivity contribution in [2.24, 2.45) is 11.7 Å². The first-order chi connectivity index (χ1) is 6.22. The first kappa shape index (κ1) is 9.20. The Hall–Kier alpha value is -0.370. The van der Waals surface area contributed by atoms with Gasteiger partial charge in [0, 0.05) is 17.2 Å². The summed E-state index contributed by atoms with van der Waals surface area (Å²) in [6.45, 7) is 0. The highest BCUT2D eigenvalue weighted by molar-refractivity contribution is 5.86. The molecule has 2 nitrogen and oxygen atoms in total. The van der Waals surface area contributed by atoms with Crippen molar-refractivity contribution in [1.29, 1.82) is 5.41 Å². The second kappa shape index (κ2) is 3.41. The van der Waals surface area contributed by atoms with Crippen LogP contribution in [0.3, 0.4) is 0 Å². The van der Waals surface area contributed by atoms with Crippen molar-refractivity contribution in [2.75, 3.05) is 0 Å². The zero-order chi connectivity index (χ0) is 9.31. The van der Waals surface area contributed by atoms with Gasteiger partial charge in [0.25, 0.3) is 0 Å². The molecule has 2 atom stereocenters. The van der Waals surface area contributed by atoms with Gasteiger partial charge in [-0.1, -0.05) is 19.3 Å². The molecule has 0 aromatic heterocycles. The molecule has 0 radical (unpaired) electrons. The van der Waals surface area contributed by atoms with Crippen LogP contribution in [-0.2, 0) is 0 Å². The molecule has 0 aliphatic heterocycles. The van der Waals surface area contributed by atoms with E-state index >= 15 is 0 Å². The van der Waals surface area contributed by atoms with Crippen molar-refractivity contribution >= 4 is 5.71 Å². The normalized spacial score (nSPS) is 41.0.